The lowest BCUT2D eigenvalue weighted by molar-refractivity contribution is 0.369. The standard InChI is InChI=1S/C13H20FN3O2S/c14-11-7-12(9-16-8-11)20(18,19)17-10-13(15)5-3-1-2-4-6-13/h7-9,17H,1-6,10,15H2. The fraction of sp³-hybridized carbons (Fsp3) is 0.615. The number of sulfonamides is 1. The smallest absolute Gasteiger partial charge is 0.242 e. The lowest BCUT2D eigenvalue weighted by Gasteiger charge is -2.28. The second-order valence-electron chi connectivity index (χ2n) is 5.44. The third-order valence-electron chi connectivity index (χ3n) is 3.70. The summed E-state index contributed by atoms with van der Waals surface area (Å²) in [6.45, 7) is 0.172. The van der Waals surface area contributed by atoms with Crippen molar-refractivity contribution in [3.8, 4) is 0 Å². The normalized spacial score (nSPS) is 19.5. The van der Waals surface area contributed by atoms with E-state index < -0.39 is 21.4 Å². The molecule has 5 nitrogen and oxygen atoms in total. The van der Waals surface area contributed by atoms with Crippen LogP contribution in [0.1, 0.15) is 38.5 Å². The minimum absolute atomic E-state index is 0.172. The van der Waals surface area contributed by atoms with Gasteiger partial charge in [-0.15, -0.1) is 0 Å². The van der Waals surface area contributed by atoms with Gasteiger partial charge in [0.05, 0.1) is 6.20 Å². The number of nitrogens with two attached hydrogens (primary N) is 1. The van der Waals surface area contributed by atoms with E-state index in [2.05, 4.69) is 9.71 Å². The highest BCUT2D eigenvalue weighted by Crippen LogP contribution is 2.24. The molecule has 7 heteroatoms. The monoisotopic (exact) mass is 301 g/mol. The van der Waals surface area contributed by atoms with E-state index in [9.17, 15) is 12.8 Å². The van der Waals surface area contributed by atoms with Crippen molar-refractivity contribution in [3.63, 3.8) is 0 Å². The van der Waals surface area contributed by atoms with Gasteiger partial charge in [-0.05, 0) is 18.9 Å². The number of hydrogen-bond donors (Lipinski definition) is 2. The van der Waals surface area contributed by atoms with Crippen LogP contribution in [0, 0.1) is 5.82 Å². The highest BCUT2D eigenvalue weighted by atomic mass is 32.2. The zero-order valence-corrected chi connectivity index (χ0v) is 12.1. The van der Waals surface area contributed by atoms with E-state index in [0.29, 0.717) is 0 Å². The summed E-state index contributed by atoms with van der Waals surface area (Å²) in [6, 6.07) is 0.950. The summed E-state index contributed by atoms with van der Waals surface area (Å²) in [7, 11) is -3.76. The minimum Gasteiger partial charge on any atom is -0.324 e. The van der Waals surface area contributed by atoms with E-state index in [1.54, 1.807) is 0 Å². The molecule has 2 rings (SSSR count). The molecule has 0 unspecified atom stereocenters. The number of pyridine rings is 1. The number of nitrogens with one attached hydrogen (secondary N) is 1. The predicted octanol–water partition coefficient (Wildman–Crippen LogP) is 1.55. The van der Waals surface area contributed by atoms with Crippen molar-refractivity contribution in [2.45, 2.75) is 49.0 Å². The van der Waals surface area contributed by atoms with Crippen LogP contribution in [0.15, 0.2) is 23.4 Å². The molecule has 0 saturated heterocycles. The average molecular weight is 301 g/mol. The number of hydrogen-bond acceptors (Lipinski definition) is 4. The predicted molar refractivity (Wildman–Crippen MR) is 74.0 cm³/mol. The van der Waals surface area contributed by atoms with E-state index in [4.69, 9.17) is 5.73 Å². The lowest BCUT2D eigenvalue weighted by atomic mass is 9.92. The summed E-state index contributed by atoms with van der Waals surface area (Å²) >= 11 is 0. The molecule has 1 aliphatic rings. The molecule has 0 aromatic carbocycles. The van der Waals surface area contributed by atoms with Crippen LogP contribution in [0.3, 0.4) is 0 Å². The second kappa shape index (κ2) is 6.15. The van der Waals surface area contributed by atoms with Gasteiger partial charge in [0.1, 0.15) is 10.7 Å². The summed E-state index contributed by atoms with van der Waals surface area (Å²) < 4.78 is 39.7. The van der Waals surface area contributed by atoms with Crippen LogP contribution >= 0.6 is 0 Å². The van der Waals surface area contributed by atoms with Gasteiger partial charge in [0.25, 0.3) is 0 Å². The molecular formula is C13H20FN3O2S. The third-order valence-corrected chi connectivity index (χ3v) is 5.07. The molecule has 1 fully saturated rings. The molecule has 1 heterocycles. The van der Waals surface area contributed by atoms with Crippen LogP contribution in [0.4, 0.5) is 4.39 Å². The Morgan fingerprint density at radius 1 is 1.25 bits per heavy atom. The molecule has 1 saturated carbocycles. The first-order valence-corrected chi connectivity index (χ1v) is 8.29. The van der Waals surface area contributed by atoms with E-state index in [0.717, 1.165) is 57.0 Å². The molecular weight excluding hydrogens is 281 g/mol. The molecule has 20 heavy (non-hydrogen) atoms. The van der Waals surface area contributed by atoms with Gasteiger partial charge < -0.3 is 5.73 Å². The van der Waals surface area contributed by atoms with Gasteiger partial charge in [0.2, 0.25) is 10.0 Å². The van der Waals surface area contributed by atoms with Crippen molar-refractivity contribution in [2.24, 2.45) is 5.73 Å². The van der Waals surface area contributed by atoms with Crippen LogP contribution in [0.5, 0.6) is 0 Å². The molecule has 0 bridgehead atoms. The molecule has 0 spiro atoms. The Bertz CT molecular complexity index is 554. The summed E-state index contributed by atoms with van der Waals surface area (Å²) in [5.74, 6) is -0.676. The van der Waals surface area contributed by atoms with Crippen molar-refractivity contribution in [3.05, 3.63) is 24.3 Å². The first kappa shape index (κ1) is 15.3. The van der Waals surface area contributed by atoms with Gasteiger partial charge in [-0.2, -0.15) is 0 Å². The van der Waals surface area contributed by atoms with Gasteiger partial charge in [-0.25, -0.2) is 17.5 Å². The van der Waals surface area contributed by atoms with Gasteiger partial charge in [0.15, 0.2) is 0 Å². The summed E-state index contributed by atoms with van der Waals surface area (Å²) in [6.07, 6.45) is 8.00. The van der Waals surface area contributed by atoms with Gasteiger partial charge >= 0.3 is 0 Å². The van der Waals surface area contributed by atoms with Crippen LogP contribution in [0.25, 0.3) is 0 Å². The third kappa shape index (κ3) is 3.97. The van der Waals surface area contributed by atoms with Gasteiger partial charge in [-0.1, -0.05) is 25.7 Å². The first-order valence-electron chi connectivity index (χ1n) is 6.80. The van der Waals surface area contributed by atoms with Crippen LogP contribution in [-0.4, -0.2) is 25.5 Å². The summed E-state index contributed by atoms with van der Waals surface area (Å²) in [4.78, 5) is 3.38. The Morgan fingerprint density at radius 2 is 1.90 bits per heavy atom. The Kier molecular flexibility index (Phi) is 4.72. The van der Waals surface area contributed by atoms with Crippen molar-refractivity contribution in [1.29, 1.82) is 0 Å². The molecule has 0 amide bonds. The molecule has 1 aromatic heterocycles. The maximum Gasteiger partial charge on any atom is 0.242 e. The second-order valence-corrected chi connectivity index (χ2v) is 7.21. The van der Waals surface area contributed by atoms with E-state index in [-0.39, 0.29) is 11.4 Å². The molecule has 0 aliphatic heterocycles. The number of halogens is 1. The minimum atomic E-state index is -3.76. The fourth-order valence-corrected chi connectivity index (χ4v) is 3.58. The maximum atomic E-state index is 13.0. The van der Waals surface area contributed by atoms with Crippen LogP contribution in [0.2, 0.25) is 0 Å². The molecule has 1 aliphatic carbocycles. The van der Waals surface area contributed by atoms with E-state index >= 15 is 0 Å². The average Bonchev–Trinajstić information content (AvgIpc) is 2.62. The quantitative estimate of drug-likeness (QED) is 0.826. The zero-order valence-electron chi connectivity index (χ0n) is 11.3. The van der Waals surface area contributed by atoms with Crippen molar-refractivity contribution in [2.75, 3.05) is 6.54 Å². The summed E-state index contributed by atoms with van der Waals surface area (Å²) in [5.41, 5.74) is 5.75. The van der Waals surface area contributed by atoms with Crippen molar-refractivity contribution < 1.29 is 12.8 Å². The Morgan fingerprint density at radius 3 is 2.50 bits per heavy atom. The number of aromatic nitrogens is 1. The lowest BCUT2D eigenvalue weighted by Crippen LogP contribution is -2.49. The Balaban J connectivity index is 2.05. The van der Waals surface area contributed by atoms with Crippen LogP contribution < -0.4 is 10.5 Å². The molecule has 112 valence electrons. The number of rotatable bonds is 4. The molecule has 0 atom stereocenters. The molecule has 0 radical (unpaired) electrons. The Hall–Kier alpha value is -1.05. The van der Waals surface area contributed by atoms with Gasteiger partial charge in [-0.3, -0.25) is 4.98 Å². The Labute approximate surface area is 118 Å². The topological polar surface area (TPSA) is 85.1 Å². The number of nitrogens with zero attached hydrogens (tertiary/aromatic N) is 1. The molecule has 3 N–H and O–H groups in total. The van der Waals surface area contributed by atoms with Crippen molar-refractivity contribution >= 4 is 10.0 Å². The SMILES string of the molecule is NC1(CNS(=O)(=O)c2cncc(F)c2)CCCCCC1. The van der Waals surface area contributed by atoms with E-state index in [1.165, 1.54) is 0 Å². The maximum absolute atomic E-state index is 13.0. The zero-order chi connectivity index (χ0) is 14.6. The van der Waals surface area contributed by atoms with Crippen LogP contribution in [-0.2, 0) is 10.0 Å². The summed E-state index contributed by atoms with van der Waals surface area (Å²) in [5, 5.41) is 0. The molecule has 1 aromatic rings. The fourth-order valence-electron chi connectivity index (χ4n) is 2.47. The highest BCUT2D eigenvalue weighted by Gasteiger charge is 2.28. The van der Waals surface area contributed by atoms with Crippen molar-refractivity contribution in [1.82, 2.24) is 9.71 Å². The largest absolute Gasteiger partial charge is 0.324 e. The first-order chi connectivity index (χ1) is 9.41. The van der Waals surface area contributed by atoms with Gasteiger partial charge in [0, 0.05) is 18.3 Å². The van der Waals surface area contributed by atoms with E-state index in [1.807, 2.05) is 0 Å². The highest BCUT2D eigenvalue weighted by molar-refractivity contribution is 7.89.